The maximum Gasteiger partial charge on any atom is 0.0889 e. The molecule has 70 valence electrons. The molecule has 0 amide bonds. The quantitative estimate of drug-likeness (QED) is 0.763. The average molecular weight is 176 g/mol. The van der Waals surface area contributed by atoms with Gasteiger partial charge in [0.05, 0.1) is 11.4 Å². The van der Waals surface area contributed by atoms with E-state index < -0.39 is 0 Å². The summed E-state index contributed by atoms with van der Waals surface area (Å²) < 4.78 is 0. The Morgan fingerprint density at radius 1 is 1.62 bits per heavy atom. The van der Waals surface area contributed by atoms with E-state index in [1.165, 1.54) is 11.1 Å². The summed E-state index contributed by atoms with van der Waals surface area (Å²) in [6.45, 7) is 8.16. The molecule has 1 heterocycles. The lowest BCUT2D eigenvalue weighted by Crippen LogP contribution is -2.08. The van der Waals surface area contributed by atoms with Gasteiger partial charge in [-0.2, -0.15) is 0 Å². The van der Waals surface area contributed by atoms with Crippen LogP contribution in [-0.4, -0.2) is 12.0 Å². The van der Waals surface area contributed by atoms with Gasteiger partial charge in [0.25, 0.3) is 0 Å². The molecule has 2 heteroatoms. The van der Waals surface area contributed by atoms with Gasteiger partial charge in [0.15, 0.2) is 0 Å². The molecule has 0 saturated carbocycles. The molecule has 1 N–H and O–H groups in total. The molecule has 0 aliphatic rings. The summed E-state index contributed by atoms with van der Waals surface area (Å²) in [5, 5.41) is 3.03. The third-order valence-corrected chi connectivity index (χ3v) is 2.23. The monoisotopic (exact) mass is 176 g/mol. The Morgan fingerprint density at radius 3 is 2.85 bits per heavy atom. The number of nitrogens with zero attached hydrogens (tertiary/aromatic N) is 1. The fraction of sp³-hybridized carbons (Fsp3) is 0.364. The molecule has 0 saturated heterocycles. The average Bonchev–Trinajstić information content (AvgIpc) is 2.16. The van der Waals surface area contributed by atoms with Crippen molar-refractivity contribution in [1.82, 2.24) is 10.3 Å². The molecule has 0 fully saturated rings. The van der Waals surface area contributed by atoms with Crippen LogP contribution in [0.2, 0.25) is 0 Å². The van der Waals surface area contributed by atoms with E-state index in [4.69, 9.17) is 0 Å². The predicted molar refractivity (Wildman–Crippen MR) is 56.4 cm³/mol. The Kier molecular flexibility index (Phi) is 3.07. The van der Waals surface area contributed by atoms with Gasteiger partial charge in [0.1, 0.15) is 0 Å². The van der Waals surface area contributed by atoms with Crippen LogP contribution in [0.4, 0.5) is 0 Å². The van der Waals surface area contributed by atoms with E-state index in [9.17, 15) is 0 Å². The van der Waals surface area contributed by atoms with Gasteiger partial charge in [0, 0.05) is 13.2 Å². The summed E-state index contributed by atoms with van der Waals surface area (Å²) >= 11 is 0. The summed E-state index contributed by atoms with van der Waals surface area (Å²) in [5.41, 5.74) is 4.44. The van der Waals surface area contributed by atoms with Crippen molar-refractivity contribution in [2.24, 2.45) is 0 Å². The molecule has 1 rings (SSSR count). The number of aryl methyl sites for hydroxylation is 1. The van der Waals surface area contributed by atoms with Crippen LogP contribution in [0, 0.1) is 6.92 Å². The third-order valence-electron chi connectivity index (χ3n) is 2.23. The van der Waals surface area contributed by atoms with Gasteiger partial charge in [-0.15, -0.1) is 0 Å². The lowest BCUT2D eigenvalue weighted by Gasteiger charge is -2.11. The molecule has 2 nitrogen and oxygen atoms in total. The number of rotatable bonds is 3. The van der Waals surface area contributed by atoms with E-state index in [1.54, 1.807) is 0 Å². The van der Waals surface area contributed by atoms with Crippen LogP contribution in [0.3, 0.4) is 0 Å². The second-order valence-corrected chi connectivity index (χ2v) is 3.04. The Balaban J connectivity index is 3.20. The second kappa shape index (κ2) is 4.08. The van der Waals surface area contributed by atoms with E-state index in [-0.39, 0.29) is 0 Å². The summed E-state index contributed by atoms with van der Waals surface area (Å²) in [6.07, 6.45) is 2.82. The van der Waals surface area contributed by atoms with Gasteiger partial charge in [-0.3, -0.25) is 4.98 Å². The summed E-state index contributed by atoms with van der Waals surface area (Å²) in [4.78, 5) is 4.32. The second-order valence-electron chi connectivity index (χ2n) is 3.04. The molecule has 0 spiro atoms. The van der Waals surface area contributed by atoms with Gasteiger partial charge >= 0.3 is 0 Å². The highest BCUT2D eigenvalue weighted by Crippen LogP contribution is 2.16. The summed E-state index contributed by atoms with van der Waals surface area (Å²) in [6, 6.07) is 2.03. The normalized spacial score (nSPS) is 9.77. The Hall–Kier alpha value is -1.31. The van der Waals surface area contributed by atoms with Crippen LogP contribution < -0.4 is 5.32 Å². The number of hydrogen-bond acceptors (Lipinski definition) is 2. The van der Waals surface area contributed by atoms with Crippen molar-refractivity contribution in [3.63, 3.8) is 0 Å². The highest BCUT2D eigenvalue weighted by Gasteiger charge is 2.06. The summed E-state index contributed by atoms with van der Waals surface area (Å²) in [5.74, 6) is 0. The molecular weight excluding hydrogens is 160 g/mol. The topological polar surface area (TPSA) is 24.9 Å². The van der Waals surface area contributed by atoms with Crippen molar-refractivity contribution >= 4 is 5.70 Å². The standard InChI is InChI=1S/C11H16N2/c1-5-10-8(2)6-7-13-11(10)9(3)12-4/h6-7,12H,3,5H2,1-2,4H3. The Bertz CT molecular complexity index is 316. The first-order valence-corrected chi connectivity index (χ1v) is 4.52. The minimum atomic E-state index is 0.889. The van der Waals surface area contributed by atoms with Crippen molar-refractivity contribution in [1.29, 1.82) is 0 Å². The molecule has 13 heavy (non-hydrogen) atoms. The highest BCUT2D eigenvalue weighted by molar-refractivity contribution is 5.62. The van der Waals surface area contributed by atoms with Crippen LogP contribution in [0.5, 0.6) is 0 Å². The minimum absolute atomic E-state index is 0.889. The van der Waals surface area contributed by atoms with Crippen LogP contribution in [0.15, 0.2) is 18.8 Å². The Morgan fingerprint density at radius 2 is 2.31 bits per heavy atom. The molecule has 0 bridgehead atoms. The maximum atomic E-state index is 4.32. The van der Waals surface area contributed by atoms with Gasteiger partial charge in [-0.05, 0) is 30.5 Å². The number of aromatic nitrogens is 1. The largest absolute Gasteiger partial charge is 0.387 e. The Labute approximate surface area is 79.7 Å². The van der Waals surface area contributed by atoms with E-state index in [2.05, 4.69) is 30.7 Å². The van der Waals surface area contributed by atoms with Crippen LogP contribution in [-0.2, 0) is 6.42 Å². The van der Waals surface area contributed by atoms with Gasteiger partial charge in [-0.1, -0.05) is 13.5 Å². The molecule has 0 atom stereocenters. The van der Waals surface area contributed by atoms with Gasteiger partial charge < -0.3 is 5.32 Å². The molecule has 0 aliphatic carbocycles. The molecule has 1 aromatic rings. The number of pyridine rings is 1. The van der Waals surface area contributed by atoms with Gasteiger partial charge in [0.2, 0.25) is 0 Å². The molecule has 0 aromatic carbocycles. The third kappa shape index (κ3) is 1.89. The van der Waals surface area contributed by atoms with Crippen molar-refractivity contribution in [2.75, 3.05) is 7.05 Å². The van der Waals surface area contributed by atoms with Crippen LogP contribution in [0.1, 0.15) is 23.7 Å². The molecule has 0 radical (unpaired) electrons. The minimum Gasteiger partial charge on any atom is -0.387 e. The molecule has 0 unspecified atom stereocenters. The first-order valence-electron chi connectivity index (χ1n) is 4.52. The number of nitrogens with one attached hydrogen (secondary N) is 1. The van der Waals surface area contributed by atoms with Crippen molar-refractivity contribution in [3.05, 3.63) is 35.7 Å². The van der Waals surface area contributed by atoms with E-state index in [0.717, 1.165) is 17.8 Å². The summed E-state index contributed by atoms with van der Waals surface area (Å²) in [7, 11) is 1.87. The predicted octanol–water partition coefficient (Wildman–Crippen LogP) is 2.14. The zero-order valence-electron chi connectivity index (χ0n) is 8.52. The van der Waals surface area contributed by atoms with Crippen molar-refractivity contribution < 1.29 is 0 Å². The fourth-order valence-electron chi connectivity index (χ4n) is 1.41. The zero-order valence-corrected chi connectivity index (χ0v) is 8.52. The molecular formula is C11H16N2. The first-order chi connectivity index (χ1) is 6.20. The zero-order chi connectivity index (χ0) is 9.84. The lowest BCUT2D eigenvalue weighted by molar-refractivity contribution is 1.02. The van der Waals surface area contributed by atoms with Crippen LogP contribution in [0.25, 0.3) is 5.70 Å². The van der Waals surface area contributed by atoms with Crippen LogP contribution >= 0.6 is 0 Å². The SMILES string of the molecule is C=C(NC)c1nccc(C)c1CC. The van der Waals surface area contributed by atoms with Crippen molar-refractivity contribution in [2.45, 2.75) is 20.3 Å². The number of hydrogen-bond donors (Lipinski definition) is 1. The fourth-order valence-corrected chi connectivity index (χ4v) is 1.41. The van der Waals surface area contributed by atoms with E-state index >= 15 is 0 Å². The lowest BCUT2D eigenvalue weighted by atomic mass is 10.0. The first kappa shape index (κ1) is 9.78. The maximum absolute atomic E-state index is 4.32. The molecule has 1 aromatic heterocycles. The van der Waals surface area contributed by atoms with E-state index in [0.29, 0.717) is 0 Å². The van der Waals surface area contributed by atoms with E-state index in [1.807, 2.05) is 19.3 Å². The molecule has 0 aliphatic heterocycles. The van der Waals surface area contributed by atoms with Crippen molar-refractivity contribution in [3.8, 4) is 0 Å². The van der Waals surface area contributed by atoms with Gasteiger partial charge in [-0.25, -0.2) is 0 Å². The smallest absolute Gasteiger partial charge is 0.0889 e. The highest BCUT2D eigenvalue weighted by atomic mass is 14.9.